The number of anilines is 1. The molecule has 28 heavy (non-hydrogen) atoms. The molecule has 1 heterocycles. The number of hydrogen-bond donors (Lipinski definition) is 1. The predicted molar refractivity (Wildman–Crippen MR) is 109 cm³/mol. The van der Waals surface area contributed by atoms with Crippen LogP contribution in [-0.2, 0) is 14.8 Å². The van der Waals surface area contributed by atoms with Crippen molar-refractivity contribution in [1.29, 1.82) is 0 Å². The Kier molecular flexibility index (Phi) is 5.69. The van der Waals surface area contributed by atoms with E-state index in [2.05, 4.69) is 9.82 Å². The Morgan fingerprint density at radius 3 is 2.57 bits per heavy atom. The SMILES string of the molecule is CCC(=O)N1N=C(c2cccc(NS(C)(=O)=O)c2)CC1c1ccc(OC)cc1. The van der Waals surface area contributed by atoms with E-state index in [9.17, 15) is 13.2 Å². The highest BCUT2D eigenvalue weighted by Crippen LogP contribution is 2.34. The lowest BCUT2D eigenvalue weighted by molar-refractivity contribution is -0.132. The van der Waals surface area contributed by atoms with Gasteiger partial charge in [-0.15, -0.1) is 0 Å². The Labute approximate surface area is 165 Å². The van der Waals surface area contributed by atoms with Crippen LogP contribution in [-0.4, -0.2) is 38.4 Å². The normalized spacial score (nSPS) is 16.6. The van der Waals surface area contributed by atoms with Gasteiger partial charge in [-0.3, -0.25) is 9.52 Å². The van der Waals surface area contributed by atoms with Crippen molar-refractivity contribution in [1.82, 2.24) is 5.01 Å². The molecule has 148 valence electrons. The van der Waals surface area contributed by atoms with Crippen molar-refractivity contribution in [3.63, 3.8) is 0 Å². The number of hydrogen-bond acceptors (Lipinski definition) is 5. The number of benzene rings is 2. The van der Waals surface area contributed by atoms with Crippen molar-refractivity contribution in [2.24, 2.45) is 5.10 Å². The molecule has 1 amide bonds. The first-order valence-electron chi connectivity index (χ1n) is 8.92. The van der Waals surface area contributed by atoms with Gasteiger partial charge in [0.1, 0.15) is 5.75 Å². The second-order valence-electron chi connectivity index (χ2n) is 6.59. The lowest BCUT2D eigenvalue weighted by Gasteiger charge is -2.21. The standard InChI is InChI=1S/C20H23N3O4S/c1-4-20(24)23-19(14-8-10-17(27-2)11-9-14)13-18(21-23)15-6-5-7-16(12-15)22-28(3,25)26/h5-12,19,22H,4,13H2,1-3H3. The molecule has 8 heteroatoms. The predicted octanol–water partition coefficient (Wildman–Crippen LogP) is 3.15. The molecule has 1 aliphatic rings. The maximum Gasteiger partial charge on any atom is 0.242 e. The van der Waals surface area contributed by atoms with Gasteiger partial charge in [0.15, 0.2) is 0 Å². The van der Waals surface area contributed by atoms with Crippen LogP contribution in [0.15, 0.2) is 53.6 Å². The van der Waals surface area contributed by atoms with E-state index in [1.165, 1.54) is 5.01 Å². The molecule has 0 saturated carbocycles. The van der Waals surface area contributed by atoms with E-state index in [1.807, 2.05) is 30.3 Å². The molecule has 0 radical (unpaired) electrons. The number of carbonyl (C=O) groups excluding carboxylic acids is 1. The number of rotatable bonds is 6. The number of nitrogens with one attached hydrogen (secondary N) is 1. The highest BCUT2D eigenvalue weighted by molar-refractivity contribution is 7.92. The second kappa shape index (κ2) is 8.02. The Morgan fingerprint density at radius 2 is 1.96 bits per heavy atom. The number of nitrogens with zero attached hydrogens (tertiary/aromatic N) is 2. The first-order chi connectivity index (χ1) is 13.3. The minimum Gasteiger partial charge on any atom is -0.497 e. The molecule has 1 unspecified atom stereocenters. The molecule has 0 fully saturated rings. The summed E-state index contributed by atoms with van der Waals surface area (Å²) in [6.07, 6.45) is 1.99. The number of methoxy groups -OCH3 is 1. The summed E-state index contributed by atoms with van der Waals surface area (Å²) >= 11 is 0. The third-order valence-corrected chi connectivity index (χ3v) is 5.07. The van der Waals surface area contributed by atoms with Gasteiger partial charge in [-0.05, 0) is 35.4 Å². The fourth-order valence-electron chi connectivity index (χ4n) is 3.14. The topological polar surface area (TPSA) is 88.1 Å². The number of carbonyl (C=O) groups is 1. The Morgan fingerprint density at radius 1 is 1.25 bits per heavy atom. The summed E-state index contributed by atoms with van der Waals surface area (Å²) in [5.74, 6) is 0.678. The molecule has 2 aromatic carbocycles. The first kappa shape index (κ1) is 19.9. The van der Waals surface area contributed by atoms with E-state index in [1.54, 1.807) is 32.2 Å². The van der Waals surface area contributed by atoms with Crippen LogP contribution in [0.2, 0.25) is 0 Å². The van der Waals surface area contributed by atoms with Crippen LogP contribution in [0.1, 0.15) is 36.9 Å². The molecule has 2 aromatic rings. The average Bonchev–Trinajstić information content (AvgIpc) is 3.12. The zero-order valence-electron chi connectivity index (χ0n) is 16.0. The summed E-state index contributed by atoms with van der Waals surface area (Å²) in [4.78, 5) is 12.5. The molecule has 0 spiro atoms. The summed E-state index contributed by atoms with van der Waals surface area (Å²) < 4.78 is 30.7. The number of hydrazone groups is 1. The number of sulfonamides is 1. The molecular formula is C20H23N3O4S. The largest absolute Gasteiger partial charge is 0.497 e. The lowest BCUT2D eigenvalue weighted by Crippen LogP contribution is -2.26. The number of ether oxygens (including phenoxy) is 1. The summed E-state index contributed by atoms with van der Waals surface area (Å²) in [7, 11) is -1.76. The van der Waals surface area contributed by atoms with Crippen LogP contribution < -0.4 is 9.46 Å². The van der Waals surface area contributed by atoms with Crippen LogP contribution in [0.3, 0.4) is 0 Å². The van der Waals surface area contributed by atoms with Gasteiger partial charge in [-0.25, -0.2) is 13.4 Å². The first-order valence-corrected chi connectivity index (χ1v) is 10.8. The molecule has 0 aromatic heterocycles. The fraction of sp³-hybridized carbons (Fsp3) is 0.300. The van der Waals surface area contributed by atoms with Gasteiger partial charge in [-0.1, -0.05) is 31.2 Å². The van der Waals surface area contributed by atoms with Crippen LogP contribution >= 0.6 is 0 Å². The van der Waals surface area contributed by atoms with Crippen LogP contribution in [0.4, 0.5) is 5.69 Å². The highest BCUT2D eigenvalue weighted by Gasteiger charge is 2.32. The maximum atomic E-state index is 12.5. The Hall–Kier alpha value is -2.87. The van der Waals surface area contributed by atoms with Crippen molar-refractivity contribution >= 4 is 27.3 Å². The molecule has 0 bridgehead atoms. The average molecular weight is 401 g/mol. The molecule has 7 nitrogen and oxygen atoms in total. The molecular weight excluding hydrogens is 378 g/mol. The third kappa shape index (κ3) is 4.51. The minimum atomic E-state index is -3.37. The van der Waals surface area contributed by atoms with Crippen LogP contribution in [0, 0.1) is 0 Å². The van der Waals surface area contributed by atoms with Crippen LogP contribution in [0.25, 0.3) is 0 Å². The molecule has 0 saturated heterocycles. The molecule has 1 N–H and O–H groups in total. The van der Waals surface area contributed by atoms with E-state index in [-0.39, 0.29) is 11.9 Å². The van der Waals surface area contributed by atoms with Gasteiger partial charge in [0.25, 0.3) is 0 Å². The van der Waals surface area contributed by atoms with Gasteiger partial charge in [0, 0.05) is 18.5 Å². The van der Waals surface area contributed by atoms with Crippen LogP contribution in [0.5, 0.6) is 5.75 Å². The lowest BCUT2D eigenvalue weighted by atomic mass is 9.98. The smallest absolute Gasteiger partial charge is 0.242 e. The monoisotopic (exact) mass is 401 g/mol. The van der Waals surface area contributed by atoms with Gasteiger partial charge < -0.3 is 4.74 Å². The third-order valence-electron chi connectivity index (χ3n) is 4.47. The zero-order chi connectivity index (χ0) is 20.3. The van der Waals surface area contributed by atoms with E-state index in [4.69, 9.17) is 4.74 Å². The van der Waals surface area contributed by atoms with E-state index < -0.39 is 10.0 Å². The van der Waals surface area contributed by atoms with E-state index >= 15 is 0 Å². The van der Waals surface area contributed by atoms with E-state index in [0.29, 0.717) is 18.5 Å². The summed E-state index contributed by atoms with van der Waals surface area (Å²) in [5.41, 5.74) is 2.94. The summed E-state index contributed by atoms with van der Waals surface area (Å²) in [6.45, 7) is 1.80. The summed E-state index contributed by atoms with van der Waals surface area (Å²) in [6, 6.07) is 14.4. The van der Waals surface area contributed by atoms with Gasteiger partial charge >= 0.3 is 0 Å². The second-order valence-corrected chi connectivity index (χ2v) is 8.34. The van der Waals surface area contributed by atoms with Gasteiger partial charge in [-0.2, -0.15) is 5.10 Å². The highest BCUT2D eigenvalue weighted by atomic mass is 32.2. The van der Waals surface area contributed by atoms with E-state index in [0.717, 1.165) is 28.8 Å². The van der Waals surface area contributed by atoms with Gasteiger partial charge in [0.2, 0.25) is 15.9 Å². The van der Waals surface area contributed by atoms with Crippen molar-refractivity contribution in [3.8, 4) is 5.75 Å². The molecule has 1 atom stereocenters. The Balaban J connectivity index is 1.92. The van der Waals surface area contributed by atoms with Gasteiger partial charge in [0.05, 0.1) is 25.1 Å². The quantitative estimate of drug-likeness (QED) is 0.805. The van der Waals surface area contributed by atoms with Crippen molar-refractivity contribution in [2.75, 3.05) is 18.1 Å². The van der Waals surface area contributed by atoms with Crippen molar-refractivity contribution in [2.45, 2.75) is 25.8 Å². The summed E-state index contributed by atoms with van der Waals surface area (Å²) in [5, 5.41) is 6.08. The molecule has 1 aliphatic heterocycles. The molecule has 3 rings (SSSR count). The molecule has 0 aliphatic carbocycles. The maximum absolute atomic E-state index is 12.5. The zero-order valence-corrected chi connectivity index (χ0v) is 16.9. The minimum absolute atomic E-state index is 0.0683. The fourth-order valence-corrected chi connectivity index (χ4v) is 3.69. The van der Waals surface area contributed by atoms with Crippen molar-refractivity contribution in [3.05, 3.63) is 59.7 Å². The Bertz CT molecular complexity index is 1000. The number of amides is 1. The van der Waals surface area contributed by atoms with Crippen molar-refractivity contribution < 1.29 is 17.9 Å².